The van der Waals surface area contributed by atoms with E-state index >= 15 is 0 Å². The second kappa shape index (κ2) is 5.74. The number of aryl methyl sites for hydroxylation is 1. The molecule has 0 aliphatic carbocycles. The van der Waals surface area contributed by atoms with E-state index in [2.05, 4.69) is 14.7 Å². The molecule has 0 aromatic carbocycles. The number of thiophene rings is 1. The van der Waals surface area contributed by atoms with Crippen molar-refractivity contribution in [3.05, 3.63) is 40.1 Å². The van der Waals surface area contributed by atoms with Crippen LogP contribution in [0.25, 0.3) is 0 Å². The molecule has 0 saturated heterocycles. The van der Waals surface area contributed by atoms with Gasteiger partial charge in [0.25, 0.3) is 0 Å². The zero-order chi connectivity index (χ0) is 13.9. The molecule has 0 saturated carbocycles. The fraction of sp³-hybridized carbons (Fsp3) is 0.273. The standard InChI is InChI=1S/C11H13N3O3S2/c1-8-6-18-10(5-15)11(8)19(16,17)14-4-9-2-3-12-7-13-9/h2-3,6-7,14-15H,4-5H2,1H3. The van der Waals surface area contributed by atoms with E-state index in [1.807, 2.05) is 0 Å². The van der Waals surface area contributed by atoms with E-state index in [1.54, 1.807) is 24.6 Å². The molecule has 2 heterocycles. The summed E-state index contributed by atoms with van der Waals surface area (Å²) in [7, 11) is -3.65. The van der Waals surface area contributed by atoms with Gasteiger partial charge in [0.2, 0.25) is 10.0 Å². The monoisotopic (exact) mass is 299 g/mol. The van der Waals surface area contributed by atoms with Gasteiger partial charge in [0.1, 0.15) is 11.2 Å². The van der Waals surface area contributed by atoms with Crippen LogP contribution in [0.15, 0.2) is 28.9 Å². The van der Waals surface area contributed by atoms with Gasteiger partial charge in [-0.2, -0.15) is 0 Å². The van der Waals surface area contributed by atoms with E-state index in [9.17, 15) is 13.5 Å². The highest BCUT2D eigenvalue weighted by molar-refractivity contribution is 7.89. The highest BCUT2D eigenvalue weighted by Gasteiger charge is 2.22. The lowest BCUT2D eigenvalue weighted by Crippen LogP contribution is -2.24. The average molecular weight is 299 g/mol. The molecule has 2 aromatic heterocycles. The number of aromatic nitrogens is 2. The molecule has 0 bridgehead atoms. The summed E-state index contributed by atoms with van der Waals surface area (Å²) in [5.41, 5.74) is 1.21. The first-order chi connectivity index (χ1) is 9.04. The van der Waals surface area contributed by atoms with Crippen LogP contribution in [0.2, 0.25) is 0 Å². The molecule has 0 aliphatic heterocycles. The van der Waals surface area contributed by atoms with Gasteiger partial charge < -0.3 is 5.11 Å². The number of aliphatic hydroxyl groups excluding tert-OH is 1. The van der Waals surface area contributed by atoms with Crippen LogP contribution >= 0.6 is 11.3 Å². The highest BCUT2D eigenvalue weighted by Crippen LogP contribution is 2.26. The molecule has 6 nitrogen and oxygen atoms in total. The van der Waals surface area contributed by atoms with Crippen LogP contribution in [0.4, 0.5) is 0 Å². The van der Waals surface area contributed by atoms with Gasteiger partial charge in [-0.15, -0.1) is 11.3 Å². The van der Waals surface area contributed by atoms with E-state index in [4.69, 9.17) is 0 Å². The van der Waals surface area contributed by atoms with E-state index in [0.29, 0.717) is 16.1 Å². The lowest BCUT2D eigenvalue weighted by Gasteiger charge is -2.07. The van der Waals surface area contributed by atoms with Crippen molar-refractivity contribution in [2.75, 3.05) is 0 Å². The third kappa shape index (κ3) is 3.16. The highest BCUT2D eigenvalue weighted by atomic mass is 32.2. The van der Waals surface area contributed by atoms with Crippen LogP contribution in [0.1, 0.15) is 16.1 Å². The number of nitrogens with one attached hydrogen (secondary N) is 1. The second-order valence-corrected chi connectivity index (χ2v) is 6.52. The Balaban J connectivity index is 2.21. The predicted molar refractivity (Wildman–Crippen MR) is 71.0 cm³/mol. The van der Waals surface area contributed by atoms with Crippen molar-refractivity contribution in [2.24, 2.45) is 0 Å². The van der Waals surface area contributed by atoms with Gasteiger partial charge in [-0.25, -0.2) is 23.1 Å². The minimum absolute atomic E-state index is 0.0883. The lowest BCUT2D eigenvalue weighted by molar-refractivity contribution is 0.282. The molecular weight excluding hydrogens is 286 g/mol. The summed E-state index contributed by atoms with van der Waals surface area (Å²) < 4.78 is 26.9. The molecule has 0 amide bonds. The van der Waals surface area contributed by atoms with Crippen molar-refractivity contribution >= 4 is 21.4 Å². The molecule has 2 rings (SSSR count). The fourth-order valence-electron chi connectivity index (χ4n) is 1.62. The molecular formula is C11H13N3O3S2. The third-order valence-electron chi connectivity index (χ3n) is 2.49. The zero-order valence-electron chi connectivity index (χ0n) is 10.2. The largest absolute Gasteiger partial charge is 0.391 e. The molecule has 2 aromatic rings. The molecule has 2 N–H and O–H groups in total. The maximum atomic E-state index is 12.2. The first-order valence-corrected chi connectivity index (χ1v) is 7.83. The maximum absolute atomic E-state index is 12.2. The first kappa shape index (κ1) is 14.1. The number of hydrogen-bond acceptors (Lipinski definition) is 6. The Morgan fingerprint density at radius 2 is 2.26 bits per heavy atom. The van der Waals surface area contributed by atoms with Crippen LogP contribution < -0.4 is 4.72 Å². The summed E-state index contributed by atoms with van der Waals surface area (Å²) in [6.45, 7) is 1.50. The Morgan fingerprint density at radius 3 is 2.89 bits per heavy atom. The quantitative estimate of drug-likeness (QED) is 0.852. The van der Waals surface area contributed by atoms with Crippen LogP contribution in [0.3, 0.4) is 0 Å². The number of sulfonamides is 1. The summed E-state index contributed by atoms with van der Waals surface area (Å²) in [5, 5.41) is 10.9. The number of nitrogens with zero attached hydrogens (tertiary/aromatic N) is 2. The van der Waals surface area contributed by atoms with E-state index in [-0.39, 0.29) is 18.0 Å². The van der Waals surface area contributed by atoms with Crippen LogP contribution in [-0.2, 0) is 23.2 Å². The Morgan fingerprint density at radius 1 is 1.47 bits per heavy atom. The number of rotatable bonds is 5. The minimum Gasteiger partial charge on any atom is -0.391 e. The van der Waals surface area contributed by atoms with Gasteiger partial charge in [-0.05, 0) is 23.9 Å². The predicted octanol–water partition coefficient (Wildman–Crippen LogP) is 0.817. The van der Waals surface area contributed by atoms with Crippen molar-refractivity contribution in [2.45, 2.75) is 25.0 Å². The van der Waals surface area contributed by atoms with E-state index in [1.165, 1.54) is 17.7 Å². The van der Waals surface area contributed by atoms with Crippen molar-refractivity contribution in [3.8, 4) is 0 Å². The molecule has 0 aliphatic rings. The normalized spacial score (nSPS) is 11.7. The van der Waals surface area contributed by atoms with Gasteiger partial charge >= 0.3 is 0 Å². The summed E-state index contributed by atoms with van der Waals surface area (Å²) in [6, 6.07) is 1.63. The van der Waals surface area contributed by atoms with Crippen LogP contribution in [0, 0.1) is 6.92 Å². The van der Waals surface area contributed by atoms with Crippen LogP contribution in [0.5, 0.6) is 0 Å². The van der Waals surface area contributed by atoms with Gasteiger partial charge in [-0.3, -0.25) is 0 Å². The molecule has 102 valence electrons. The fourth-order valence-corrected chi connectivity index (χ4v) is 4.28. The molecule has 0 unspecified atom stereocenters. The molecule has 8 heteroatoms. The van der Waals surface area contributed by atoms with Crippen LogP contribution in [-0.4, -0.2) is 23.5 Å². The SMILES string of the molecule is Cc1csc(CO)c1S(=O)(=O)NCc1ccncn1. The average Bonchev–Trinajstić information content (AvgIpc) is 2.80. The molecule has 0 fully saturated rings. The van der Waals surface area contributed by atoms with Gasteiger partial charge in [0.05, 0.1) is 23.7 Å². The van der Waals surface area contributed by atoms with E-state index in [0.717, 1.165) is 0 Å². The summed E-state index contributed by atoms with van der Waals surface area (Å²) in [6.07, 6.45) is 2.91. The Kier molecular flexibility index (Phi) is 4.25. The minimum atomic E-state index is -3.65. The molecule has 0 radical (unpaired) electrons. The van der Waals surface area contributed by atoms with Crippen molar-refractivity contribution in [1.82, 2.24) is 14.7 Å². The Hall–Kier alpha value is -1.35. The van der Waals surface area contributed by atoms with Gasteiger partial charge in [0, 0.05) is 6.20 Å². The number of hydrogen-bond donors (Lipinski definition) is 2. The Bertz CT molecular complexity index is 653. The number of aliphatic hydroxyl groups is 1. The summed E-state index contributed by atoms with van der Waals surface area (Å²) in [5.74, 6) is 0. The zero-order valence-corrected chi connectivity index (χ0v) is 11.8. The topological polar surface area (TPSA) is 92.2 Å². The second-order valence-electron chi connectivity index (χ2n) is 3.85. The smallest absolute Gasteiger partial charge is 0.242 e. The third-order valence-corrected chi connectivity index (χ3v) is 5.34. The summed E-state index contributed by atoms with van der Waals surface area (Å²) >= 11 is 1.23. The Labute approximate surface area is 115 Å². The molecule has 0 atom stereocenters. The van der Waals surface area contributed by atoms with Crippen molar-refractivity contribution in [3.63, 3.8) is 0 Å². The lowest BCUT2D eigenvalue weighted by atomic mass is 10.3. The van der Waals surface area contributed by atoms with E-state index < -0.39 is 10.0 Å². The first-order valence-electron chi connectivity index (χ1n) is 5.47. The van der Waals surface area contributed by atoms with Crippen molar-refractivity contribution < 1.29 is 13.5 Å². The summed E-state index contributed by atoms with van der Waals surface area (Å²) in [4.78, 5) is 8.30. The molecule has 0 spiro atoms. The maximum Gasteiger partial charge on any atom is 0.242 e. The van der Waals surface area contributed by atoms with Gasteiger partial charge in [0.15, 0.2) is 0 Å². The molecule has 19 heavy (non-hydrogen) atoms. The van der Waals surface area contributed by atoms with Crippen molar-refractivity contribution in [1.29, 1.82) is 0 Å². The van der Waals surface area contributed by atoms with Gasteiger partial charge in [-0.1, -0.05) is 0 Å².